The average molecular weight is 374 g/mol. The molecular weight excluding hydrogens is 354 g/mol. The predicted molar refractivity (Wildman–Crippen MR) is 99.7 cm³/mol. The zero-order valence-corrected chi connectivity index (χ0v) is 14.9. The van der Waals surface area contributed by atoms with Gasteiger partial charge in [0.25, 0.3) is 0 Å². The second-order valence-corrected chi connectivity index (χ2v) is 6.84. The third kappa shape index (κ3) is 4.55. The Kier molecular flexibility index (Phi) is 5.78. The molecule has 1 fully saturated rings. The molecule has 1 aliphatic rings. The highest BCUT2D eigenvalue weighted by Gasteiger charge is 2.35. The molecule has 1 amide bonds. The summed E-state index contributed by atoms with van der Waals surface area (Å²) >= 11 is 5.85. The standard InChI is InChI=1S/C20H20ClNO4/c21-13-5-9-15(10-6-13)26-16-11-7-14(8-12-16)22-19(23)17-3-1-2-4-18(17)20(24)25/h5-12,17-18H,1-4H2,(H,22,23)(H,24,25)/t17-,18-/m1/s1. The van der Waals surface area contributed by atoms with Gasteiger partial charge in [-0.2, -0.15) is 0 Å². The number of rotatable bonds is 5. The molecule has 26 heavy (non-hydrogen) atoms. The molecule has 0 spiro atoms. The monoisotopic (exact) mass is 373 g/mol. The Balaban J connectivity index is 1.62. The van der Waals surface area contributed by atoms with Gasteiger partial charge >= 0.3 is 5.97 Å². The molecule has 0 aliphatic heterocycles. The molecule has 2 N–H and O–H groups in total. The summed E-state index contributed by atoms with van der Waals surface area (Å²) in [6.07, 6.45) is 2.91. The van der Waals surface area contributed by atoms with E-state index < -0.39 is 17.8 Å². The molecule has 0 aromatic heterocycles. The van der Waals surface area contributed by atoms with Crippen molar-refractivity contribution in [2.75, 3.05) is 5.32 Å². The van der Waals surface area contributed by atoms with E-state index in [0.29, 0.717) is 35.1 Å². The maximum absolute atomic E-state index is 12.5. The molecule has 0 radical (unpaired) electrons. The lowest BCUT2D eigenvalue weighted by atomic mass is 9.78. The molecule has 2 aromatic carbocycles. The van der Waals surface area contributed by atoms with E-state index in [1.807, 2.05) is 0 Å². The number of carboxylic acid groups (broad SMARTS) is 1. The van der Waals surface area contributed by atoms with Crippen LogP contribution < -0.4 is 10.1 Å². The summed E-state index contributed by atoms with van der Waals surface area (Å²) in [5.41, 5.74) is 0.619. The van der Waals surface area contributed by atoms with E-state index in [1.165, 1.54) is 0 Å². The molecule has 2 aromatic rings. The summed E-state index contributed by atoms with van der Waals surface area (Å²) < 4.78 is 5.71. The maximum Gasteiger partial charge on any atom is 0.307 e. The van der Waals surface area contributed by atoms with Gasteiger partial charge in [0, 0.05) is 10.7 Å². The number of ether oxygens (including phenoxy) is 1. The fraction of sp³-hybridized carbons (Fsp3) is 0.300. The van der Waals surface area contributed by atoms with Crippen molar-refractivity contribution in [3.63, 3.8) is 0 Å². The molecule has 1 aliphatic carbocycles. The molecule has 0 bridgehead atoms. The van der Waals surface area contributed by atoms with Gasteiger partial charge in [-0.25, -0.2) is 0 Å². The van der Waals surface area contributed by atoms with Crippen molar-refractivity contribution in [3.05, 3.63) is 53.6 Å². The van der Waals surface area contributed by atoms with Gasteiger partial charge < -0.3 is 15.2 Å². The zero-order valence-electron chi connectivity index (χ0n) is 14.2. The number of hydrogen-bond donors (Lipinski definition) is 2. The van der Waals surface area contributed by atoms with Crippen LogP contribution in [0.3, 0.4) is 0 Å². The summed E-state index contributed by atoms with van der Waals surface area (Å²) in [6, 6.07) is 14.0. The summed E-state index contributed by atoms with van der Waals surface area (Å²) in [4.78, 5) is 23.8. The van der Waals surface area contributed by atoms with Crippen molar-refractivity contribution in [3.8, 4) is 11.5 Å². The van der Waals surface area contributed by atoms with E-state index in [1.54, 1.807) is 48.5 Å². The minimum absolute atomic E-state index is 0.233. The lowest BCUT2D eigenvalue weighted by Crippen LogP contribution is -2.36. The minimum Gasteiger partial charge on any atom is -0.481 e. The van der Waals surface area contributed by atoms with Gasteiger partial charge in [0.1, 0.15) is 11.5 Å². The van der Waals surface area contributed by atoms with Gasteiger partial charge in [0.05, 0.1) is 11.8 Å². The second kappa shape index (κ2) is 8.23. The number of amides is 1. The van der Waals surface area contributed by atoms with Gasteiger partial charge in [-0.1, -0.05) is 24.4 Å². The number of hydrogen-bond acceptors (Lipinski definition) is 3. The van der Waals surface area contributed by atoms with Crippen molar-refractivity contribution in [1.29, 1.82) is 0 Å². The van der Waals surface area contributed by atoms with Crippen molar-refractivity contribution in [1.82, 2.24) is 0 Å². The minimum atomic E-state index is -0.892. The molecule has 6 heteroatoms. The Bertz CT molecular complexity index is 773. The first-order valence-corrected chi connectivity index (χ1v) is 8.98. The third-order valence-corrected chi connectivity index (χ3v) is 4.84. The van der Waals surface area contributed by atoms with Gasteiger partial charge in [0.15, 0.2) is 0 Å². The van der Waals surface area contributed by atoms with Crippen LogP contribution in [-0.4, -0.2) is 17.0 Å². The Morgan fingerprint density at radius 2 is 1.46 bits per heavy atom. The van der Waals surface area contributed by atoms with E-state index in [0.717, 1.165) is 12.8 Å². The van der Waals surface area contributed by atoms with E-state index in [4.69, 9.17) is 16.3 Å². The normalized spacial score (nSPS) is 19.6. The van der Waals surface area contributed by atoms with Gasteiger partial charge in [-0.15, -0.1) is 0 Å². The van der Waals surface area contributed by atoms with E-state index in [2.05, 4.69) is 5.32 Å². The van der Waals surface area contributed by atoms with E-state index in [9.17, 15) is 14.7 Å². The second-order valence-electron chi connectivity index (χ2n) is 6.41. The number of aliphatic carboxylic acids is 1. The fourth-order valence-electron chi connectivity index (χ4n) is 3.22. The molecule has 136 valence electrons. The lowest BCUT2D eigenvalue weighted by molar-refractivity contribution is -0.147. The molecular formula is C20H20ClNO4. The Morgan fingerprint density at radius 1 is 0.923 bits per heavy atom. The molecule has 0 heterocycles. The first-order valence-electron chi connectivity index (χ1n) is 8.60. The Labute approximate surface area is 156 Å². The average Bonchev–Trinajstić information content (AvgIpc) is 2.65. The zero-order chi connectivity index (χ0) is 18.5. The predicted octanol–water partition coefficient (Wildman–Crippen LogP) is 4.96. The van der Waals surface area contributed by atoms with Crippen molar-refractivity contribution >= 4 is 29.2 Å². The number of carbonyl (C=O) groups is 2. The van der Waals surface area contributed by atoms with Crippen LogP contribution in [0.1, 0.15) is 25.7 Å². The van der Waals surface area contributed by atoms with Crippen molar-refractivity contribution in [2.45, 2.75) is 25.7 Å². The number of carboxylic acids is 1. The summed E-state index contributed by atoms with van der Waals surface area (Å²) in [5, 5.41) is 12.8. The van der Waals surface area contributed by atoms with Crippen LogP contribution in [0.4, 0.5) is 5.69 Å². The molecule has 0 unspecified atom stereocenters. The van der Waals surface area contributed by atoms with Crippen LogP contribution in [0.15, 0.2) is 48.5 Å². The highest BCUT2D eigenvalue weighted by atomic mass is 35.5. The Hall–Kier alpha value is -2.53. The highest BCUT2D eigenvalue weighted by molar-refractivity contribution is 6.30. The fourth-order valence-corrected chi connectivity index (χ4v) is 3.35. The quantitative estimate of drug-likeness (QED) is 0.776. The highest BCUT2D eigenvalue weighted by Crippen LogP contribution is 2.31. The largest absolute Gasteiger partial charge is 0.481 e. The number of carbonyl (C=O) groups excluding carboxylic acids is 1. The van der Waals surface area contributed by atoms with Crippen LogP contribution in [-0.2, 0) is 9.59 Å². The Morgan fingerprint density at radius 3 is 2.04 bits per heavy atom. The van der Waals surface area contributed by atoms with E-state index in [-0.39, 0.29) is 5.91 Å². The van der Waals surface area contributed by atoms with Crippen LogP contribution >= 0.6 is 11.6 Å². The number of nitrogens with one attached hydrogen (secondary N) is 1. The number of halogens is 1. The molecule has 3 rings (SSSR count). The molecule has 2 atom stereocenters. The van der Waals surface area contributed by atoms with Crippen LogP contribution in [0, 0.1) is 11.8 Å². The van der Waals surface area contributed by atoms with Crippen molar-refractivity contribution in [2.24, 2.45) is 11.8 Å². The number of anilines is 1. The smallest absolute Gasteiger partial charge is 0.307 e. The lowest BCUT2D eigenvalue weighted by Gasteiger charge is -2.27. The molecule has 1 saturated carbocycles. The first-order chi connectivity index (χ1) is 12.5. The van der Waals surface area contributed by atoms with Crippen LogP contribution in [0.2, 0.25) is 5.02 Å². The van der Waals surface area contributed by atoms with Crippen molar-refractivity contribution < 1.29 is 19.4 Å². The number of benzene rings is 2. The van der Waals surface area contributed by atoms with Gasteiger partial charge in [-0.05, 0) is 61.4 Å². The van der Waals surface area contributed by atoms with Gasteiger partial charge in [0.2, 0.25) is 5.91 Å². The van der Waals surface area contributed by atoms with E-state index >= 15 is 0 Å². The summed E-state index contributed by atoms with van der Waals surface area (Å²) in [7, 11) is 0. The first kappa shape index (κ1) is 18.3. The third-order valence-electron chi connectivity index (χ3n) is 4.59. The SMILES string of the molecule is O=C(O)[C@@H]1CCCC[C@H]1C(=O)Nc1ccc(Oc2ccc(Cl)cc2)cc1. The molecule has 0 saturated heterocycles. The topological polar surface area (TPSA) is 75.6 Å². The van der Waals surface area contributed by atoms with Crippen LogP contribution in [0.25, 0.3) is 0 Å². The summed E-state index contributed by atoms with van der Waals surface area (Å²) in [6.45, 7) is 0. The van der Waals surface area contributed by atoms with Crippen LogP contribution in [0.5, 0.6) is 11.5 Å². The van der Waals surface area contributed by atoms with Gasteiger partial charge in [-0.3, -0.25) is 9.59 Å². The maximum atomic E-state index is 12.5. The summed E-state index contributed by atoms with van der Waals surface area (Å²) in [5.74, 6) is -0.911. The molecule has 5 nitrogen and oxygen atoms in total.